The Morgan fingerprint density at radius 1 is 0.929 bits per heavy atom. The Bertz CT molecular complexity index is 941. The number of hydrogen-bond acceptors (Lipinski definition) is 3. The van der Waals surface area contributed by atoms with Gasteiger partial charge < -0.3 is 14.4 Å². The van der Waals surface area contributed by atoms with Crippen molar-refractivity contribution in [1.82, 2.24) is 4.90 Å². The van der Waals surface area contributed by atoms with E-state index in [-0.39, 0.29) is 5.91 Å². The van der Waals surface area contributed by atoms with E-state index >= 15 is 0 Å². The van der Waals surface area contributed by atoms with Gasteiger partial charge in [0.25, 0.3) is 5.91 Å². The lowest BCUT2D eigenvalue weighted by Crippen LogP contribution is -2.26. The van der Waals surface area contributed by atoms with Gasteiger partial charge in [-0.1, -0.05) is 48.0 Å². The van der Waals surface area contributed by atoms with E-state index in [1.807, 2.05) is 48.5 Å². The Balaban J connectivity index is 1.62. The van der Waals surface area contributed by atoms with E-state index in [1.165, 1.54) is 0 Å². The number of para-hydroxylation sites is 1. The Hall–Kier alpha value is -2.98. The fourth-order valence-corrected chi connectivity index (χ4v) is 3.04. The molecule has 1 amide bonds. The summed E-state index contributed by atoms with van der Waals surface area (Å²) in [4.78, 5) is 14.4. The first-order valence-electron chi connectivity index (χ1n) is 8.92. The van der Waals surface area contributed by atoms with Crippen LogP contribution >= 0.6 is 11.6 Å². The first kappa shape index (κ1) is 19.8. The number of hydrogen-bond donors (Lipinski definition) is 0. The van der Waals surface area contributed by atoms with Gasteiger partial charge in [0, 0.05) is 35.3 Å². The molecule has 0 spiro atoms. The molecule has 0 heterocycles. The minimum atomic E-state index is -0.0661. The maximum Gasteiger partial charge on any atom is 0.253 e. The highest BCUT2D eigenvalue weighted by atomic mass is 35.5. The predicted molar refractivity (Wildman–Crippen MR) is 111 cm³/mol. The molecular formula is C23H22ClNO3. The summed E-state index contributed by atoms with van der Waals surface area (Å²) in [6.45, 7) is 0.842. The molecule has 0 N–H and O–H groups in total. The van der Waals surface area contributed by atoms with Crippen molar-refractivity contribution < 1.29 is 14.3 Å². The zero-order valence-electron chi connectivity index (χ0n) is 15.9. The van der Waals surface area contributed by atoms with Crippen molar-refractivity contribution in [2.45, 2.75) is 13.2 Å². The highest BCUT2D eigenvalue weighted by Crippen LogP contribution is 2.21. The van der Waals surface area contributed by atoms with Crippen LogP contribution in [0.2, 0.25) is 5.02 Å². The minimum Gasteiger partial charge on any atom is -0.496 e. The van der Waals surface area contributed by atoms with Gasteiger partial charge in [-0.25, -0.2) is 0 Å². The van der Waals surface area contributed by atoms with Crippen LogP contribution in [0.5, 0.6) is 11.5 Å². The smallest absolute Gasteiger partial charge is 0.253 e. The summed E-state index contributed by atoms with van der Waals surface area (Å²) in [5, 5.41) is 0.673. The molecular weight excluding hydrogens is 374 g/mol. The summed E-state index contributed by atoms with van der Waals surface area (Å²) < 4.78 is 11.1. The van der Waals surface area contributed by atoms with Crippen LogP contribution < -0.4 is 9.47 Å². The van der Waals surface area contributed by atoms with Crippen LogP contribution in [0.3, 0.4) is 0 Å². The van der Waals surface area contributed by atoms with Gasteiger partial charge in [-0.05, 0) is 36.4 Å². The van der Waals surface area contributed by atoms with Gasteiger partial charge in [-0.15, -0.1) is 0 Å². The van der Waals surface area contributed by atoms with Gasteiger partial charge in [-0.3, -0.25) is 4.79 Å². The van der Waals surface area contributed by atoms with Crippen molar-refractivity contribution >= 4 is 17.5 Å². The predicted octanol–water partition coefficient (Wildman–Crippen LogP) is 5.20. The quantitative estimate of drug-likeness (QED) is 0.552. The maximum absolute atomic E-state index is 12.7. The van der Waals surface area contributed by atoms with Gasteiger partial charge in [0.2, 0.25) is 0 Å². The highest BCUT2D eigenvalue weighted by molar-refractivity contribution is 6.31. The molecule has 0 aliphatic carbocycles. The Kier molecular flexibility index (Phi) is 6.56. The summed E-state index contributed by atoms with van der Waals surface area (Å²) >= 11 is 6.14. The van der Waals surface area contributed by atoms with E-state index in [2.05, 4.69) is 0 Å². The van der Waals surface area contributed by atoms with Gasteiger partial charge in [0.05, 0.1) is 7.11 Å². The lowest BCUT2D eigenvalue weighted by Gasteiger charge is -2.19. The fourth-order valence-electron chi connectivity index (χ4n) is 2.85. The first-order chi connectivity index (χ1) is 13.6. The lowest BCUT2D eigenvalue weighted by molar-refractivity contribution is 0.0784. The number of rotatable bonds is 7. The number of benzene rings is 3. The highest BCUT2D eigenvalue weighted by Gasteiger charge is 2.14. The summed E-state index contributed by atoms with van der Waals surface area (Å²) in [7, 11) is 3.40. The molecule has 0 fully saturated rings. The molecule has 0 saturated heterocycles. The fraction of sp³-hybridized carbons (Fsp3) is 0.174. The van der Waals surface area contributed by atoms with Gasteiger partial charge >= 0.3 is 0 Å². The monoisotopic (exact) mass is 395 g/mol. The van der Waals surface area contributed by atoms with Crippen LogP contribution in [0, 0.1) is 0 Å². The number of methoxy groups -OCH3 is 1. The second-order valence-corrected chi connectivity index (χ2v) is 6.78. The third-order valence-electron chi connectivity index (χ3n) is 4.40. The molecule has 28 heavy (non-hydrogen) atoms. The van der Waals surface area contributed by atoms with Crippen LogP contribution in [0.1, 0.15) is 21.5 Å². The number of nitrogens with zero attached hydrogens (tertiary/aromatic N) is 1. The van der Waals surface area contributed by atoms with E-state index < -0.39 is 0 Å². The molecule has 3 rings (SSSR count). The molecule has 0 bridgehead atoms. The van der Waals surface area contributed by atoms with Crippen molar-refractivity contribution in [2.75, 3.05) is 14.2 Å². The van der Waals surface area contributed by atoms with Gasteiger partial charge in [0.15, 0.2) is 0 Å². The normalized spacial score (nSPS) is 10.4. The number of amides is 1. The SMILES string of the molecule is COc1ccccc1CN(C)C(=O)c1ccc(OCc2ccccc2Cl)cc1. The molecule has 0 unspecified atom stereocenters. The van der Waals surface area contributed by atoms with Crippen molar-refractivity contribution in [3.8, 4) is 11.5 Å². The zero-order chi connectivity index (χ0) is 19.9. The Labute approximate surface area is 170 Å². The van der Waals surface area contributed by atoms with Crippen molar-refractivity contribution in [1.29, 1.82) is 0 Å². The zero-order valence-corrected chi connectivity index (χ0v) is 16.6. The van der Waals surface area contributed by atoms with Crippen molar-refractivity contribution in [3.63, 3.8) is 0 Å². The summed E-state index contributed by atoms with van der Waals surface area (Å²) in [6, 6.07) is 22.4. The molecule has 0 aliphatic rings. The molecule has 0 aromatic heterocycles. The number of carbonyl (C=O) groups excluding carboxylic acids is 1. The largest absolute Gasteiger partial charge is 0.496 e. The van der Waals surface area contributed by atoms with Crippen LogP contribution in [0.15, 0.2) is 72.8 Å². The molecule has 3 aromatic carbocycles. The van der Waals surface area contributed by atoms with Crippen LogP contribution in [0.25, 0.3) is 0 Å². The van der Waals surface area contributed by atoms with E-state index in [1.54, 1.807) is 43.3 Å². The minimum absolute atomic E-state index is 0.0661. The van der Waals surface area contributed by atoms with Gasteiger partial charge in [-0.2, -0.15) is 0 Å². The van der Waals surface area contributed by atoms with Crippen molar-refractivity contribution in [2.24, 2.45) is 0 Å². The third-order valence-corrected chi connectivity index (χ3v) is 4.77. The van der Waals surface area contributed by atoms with E-state index in [0.717, 1.165) is 16.9 Å². The lowest BCUT2D eigenvalue weighted by atomic mass is 10.1. The number of carbonyl (C=O) groups is 1. The third kappa shape index (κ3) is 4.84. The average molecular weight is 396 g/mol. The Morgan fingerprint density at radius 3 is 2.25 bits per heavy atom. The molecule has 5 heteroatoms. The second-order valence-electron chi connectivity index (χ2n) is 6.38. The molecule has 3 aromatic rings. The molecule has 0 saturated carbocycles. The van der Waals surface area contributed by atoms with Crippen LogP contribution in [-0.4, -0.2) is 25.0 Å². The molecule has 4 nitrogen and oxygen atoms in total. The maximum atomic E-state index is 12.7. The Morgan fingerprint density at radius 2 is 1.57 bits per heavy atom. The number of halogens is 1. The molecule has 0 radical (unpaired) electrons. The summed E-state index contributed by atoms with van der Waals surface area (Å²) in [5.74, 6) is 1.39. The second kappa shape index (κ2) is 9.29. The van der Waals surface area contributed by atoms with E-state index in [9.17, 15) is 4.79 Å². The summed E-state index contributed by atoms with van der Waals surface area (Å²) in [6.07, 6.45) is 0. The van der Waals surface area contributed by atoms with Crippen LogP contribution in [-0.2, 0) is 13.2 Å². The van der Waals surface area contributed by atoms with Gasteiger partial charge in [0.1, 0.15) is 18.1 Å². The van der Waals surface area contributed by atoms with Crippen molar-refractivity contribution in [3.05, 3.63) is 94.5 Å². The topological polar surface area (TPSA) is 38.8 Å². The molecule has 0 atom stereocenters. The molecule has 144 valence electrons. The first-order valence-corrected chi connectivity index (χ1v) is 9.30. The van der Waals surface area contributed by atoms with Crippen LogP contribution in [0.4, 0.5) is 0 Å². The molecule has 0 aliphatic heterocycles. The standard InChI is InChI=1S/C23H22ClNO3/c1-25(15-18-7-4-6-10-22(18)27-2)23(26)17-11-13-20(14-12-17)28-16-19-8-3-5-9-21(19)24/h3-14H,15-16H2,1-2H3. The number of ether oxygens (including phenoxy) is 2. The van der Waals surface area contributed by atoms with E-state index in [0.29, 0.717) is 29.5 Å². The summed E-state index contributed by atoms with van der Waals surface area (Å²) in [5.41, 5.74) is 2.48. The van der Waals surface area contributed by atoms with E-state index in [4.69, 9.17) is 21.1 Å². The average Bonchev–Trinajstić information content (AvgIpc) is 2.73.